The van der Waals surface area contributed by atoms with Gasteiger partial charge in [0.2, 0.25) is 0 Å². The predicted octanol–water partition coefficient (Wildman–Crippen LogP) is 4.15. The molecule has 13 heavy (non-hydrogen) atoms. The molecule has 1 aliphatic heterocycles. The highest BCUT2D eigenvalue weighted by Gasteiger charge is 2.22. The fraction of sp³-hybridized carbons (Fsp3) is 0.833. The summed E-state index contributed by atoms with van der Waals surface area (Å²) in [6, 6.07) is 0. The molecule has 2 aliphatic rings. The van der Waals surface area contributed by atoms with E-state index in [1.165, 1.54) is 44.4 Å². The Bertz CT molecular complexity index is 158. The lowest BCUT2D eigenvalue weighted by molar-refractivity contribution is 0.510. The van der Waals surface area contributed by atoms with Gasteiger partial charge in [-0.05, 0) is 43.7 Å². The maximum Gasteiger partial charge on any atom is -0.0209 e. The minimum Gasteiger partial charge on any atom is -0.103 e. The van der Waals surface area contributed by atoms with Crippen LogP contribution in [0.25, 0.3) is 0 Å². The normalized spacial score (nSPS) is 27.4. The molecule has 0 aromatic heterocycles. The molecule has 0 unspecified atom stereocenters. The molecule has 0 aromatic rings. The van der Waals surface area contributed by atoms with Crippen molar-refractivity contribution in [3.63, 3.8) is 0 Å². The van der Waals surface area contributed by atoms with E-state index >= 15 is 0 Å². The Balaban J connectivity index is 1.83. The molecule has 0 saturated heterocycles. The lowest BCUT2D eigenvalue weighted by Crippen LogP contribution is -2.13. The third-order valence-corrected chi connectivity index (χ3v) is 6.64. The molecule has 0 atom stereocenters. The van der Waals surface area contributed by atoms with Crippen LogP contribution >= 0.6 is 7.92 Å². The second kappa shape index (κ2) is 5.15. The standard InChI is InChI=1S/C12H21P/c1-2-7-11-13(10-6-1)12-8-4-3-5-9-12/h1-2,12H,3-11H2. The first-order valence-electron chi connectivity index (χ1n) is 5.86. The van der Waals surface area contributed by atoms with Crippen molar-refractivity contribution in [1.82, 2.24) is 0 Å². The Morgan fingerprint density at radius 1 is 0.846 bits per heavy atom. The van der Waals surface area contributed by atoms with E-state index < -0.39 is 0 Å². The van der Waals surface area contributed by atoms with Crippen molar-refractivity contribution < 1.29 is 0 Å². The van der Waals surface area contributed by atoms with Crippen LogP contribution in [0.5, 0.6) is 0 Å². The van der Waals surface area contributed by atoms with E-state index in [1.807, 2.05) is 0 Å². The average molecular weight is 196 g/mol. The van der Waals surface area contributed by atoms with Crippen LogP contribution in [0.3, 0.4) is 0 Å². The second-order valence-corrected chi connectivity index (χ2v) is 7.18. The molecule has 74 valence electrons. The first-order valence-corrected chi connectivity index (χ1v) is 7.64. The van der Waals surface area contributed by atoms with Crippen molar-refractivity contribution in [3.8, 4) is 0 Å². The van der Waals surface area contributed by atoms with E-state index in [-0.39, 0.29) is 0 Å². The van der Waals surface area contributed by atoms with Crippen molar-refractivity contribution in [2.75, 3.05) is 12.3 Å². The van der Waals surface area contributed by atoms with Crippen LogP contribution in [0.1, 0.15) is 44.9 Å². The molecule has 0 amide bonds. The Kier molecular flexibility index (Phi) is 3.85. The van der Waals surface area contributed by atoms with E-state index in [2.05, 4.69) is 12.2 Å². The molecule has 2 rings (SSSR count). The predicted molar refractivity (Wildman–Crippen MR) is 61.9 cm³/mol. The van der Waals surface area contributed by atoms with Gasteiger partial charge >= 0.3 is 0 Å². The molecule has 1 heterocycles. The molecule has 0 spiro atoms. The summed E-state index contributed by atoms with van der Waals surface area (Å²) in [5.74, 6) is 0. The van der Waals surface area contributed by atoms with Gasteiger partial charge in [-0.15, -0.1) is 7.92 Å². The summed E-state index contributed by atoms with van der Waals surface area (Å²) in [6.45, 7) is 0. The monoisotopic (exact) mass is 196 g/mol. The summed E-state index contributed by atoms with van der Waals surface area (Å²) in [6.07, 6.45) is 18.3. The molecule has 1 heteroatoms. The van der Waals surface area contributed by atoms with E-state index in [4.69, 9.17) is 0 Å². The SMILES string of the molecule is C1=CCCP(C2CCCCC2)CC1. The molecule has 1 aliphatic carbocycles. The zero-order valence-electron chi connectivity index (χ0n) is 8.54. The molecule has 1 saturated carbocycles. The Morgan fingerprint density at radius 2 is 1.46 bits per heavy atom. The van der Waals surface area contributed by atoms with Crippen molar-refractivity contribution in [1.29, 1.82) is 0 Å². The van der Waals surface area contributed by atoms with Gasteiger partial charge in [-0.3, -0.25) is 0 Å². The third kappa shape index (κ3) is 2.81. The van der Waals surface area contributed by atoms with Gasteiger partial charge in [-0.2, -0.15) is 0 Å². The zero-order chi connectivity index (χ0) is 8.93. The number of rotatable bonds is 1. The minimum atomic E-state index is 0.421. The summed E-state index contributed by atoms with van der Waals surface area (Å²) >= 11 is 0. The summed E-state index contributed by atoms with van der Waals surface area (Å²) in [5, 5.41) is 0. The van der Waals surface area contributed by atoms with Gasteiger partial charge in [-0.25, -0.2) is 0 Å². The van der Waals surface area contributed by atoms with E-state index in [1.54, 1.807) is 12.8 Å². The van der Waals surface area contributed by atoms with Crippen molar-refractivity contribution in [2.45, 2.75) is 50.6 Å². The van der Waals surface area contributed by atoms with E-state index in [0.29, 0.717) is 7.92 Å². The first-order chi connectivity index (χ1) is 6.47. The smallest absolute Gasteiger partial charge is 0.0209 e. The summed E-state index contributed by atoms with van der Waals surface area (Å²) in [7, 11) is 0.421. The van der Waals surface area contributed by atoms with Crippen LogP contribution in [0.4, 0.5) is 0 Å². The first kappa shape index (κ1) is 9.71. The quantitative estimate of drug-likeness (QED) is 0.436. The summed E-state index contributed by atoms with van der Waals surface area (Å²) in [5.41, 5.74) is 1.16. The minimum absolute atomic E-state index is 0.421. The number of hydrogen-bond donors (Lipinski definition) is 0. The second-order valence-electron chi connectivity index (χ2n) is 4.38. The Morgan fingerprint density at radius 3 is 2.08 bits per heavy atom. The van der Waals surface area contributed by atoms with Crippen LogP contribution in [0, 0.1) is 0 Å². The van der Waals surface area contributed by atoms with Gasteiger partial charge in [0, 0.05) is 0 Å². The fourth-order valence-corrected chi connectivity index (χ4v) is 5.65. The summed E-state index contributed by atoms with van der Waals surface area (Å²) in [4.78, 5) is 0. The van der Waals surface area contributed by atoms with Crippen LogP contribution in [-0.4, -0.2) is 18.0 Å². The maximum atomic E-state index is 2.41. The molecule has 0 aromatic carbocycles. The topological polar surface area (TPSA) is 0 Å². The van der Waals surface area contributed by atoms with Gasteiger partial charge in [0.05, 0.1) is 0 Å². The number of allylic oxidation sites excluding steroid dienone is 2. The number of hydrogen-bond acceptors (Lipinski definition) is 0. The van der Waals surface area contributed by atoms with E-state index in [0.717, 1.165) is 5.66 Å². The lowest BCUT2D eigenvalue weighted by Gasteiger charge is -2.30. The lowest BCUT2D eigenvalue weighted by atomic mass is 10.0. The van der Waals surface area contributed by atoms with Crippen molar-refractivity contribution in [2.24, 2.45) is 0 Å². The molecule has 0 radical (unpaired) electrons. The molecular weight excluding hydrogens is 175 g/mol. The maximum absolute atomic E-state index is 2.41. The Hall–Kier alpha value is 0.170. The van der Waals surface area contributed by atoms with Gasteiger partial charge in [0.25, 0.3) is 0 Å². The van der Waals surface area contributed by atoms with Crippen LogP contribution < -0.4 is 0 Å². The average Bonchev–Trinajstić information content (AvgIpc) is 2.47. The highest BCUT2D eigenvalue weighted by Crippen LogP contribution is 2.49. The molecule has 1 fully saturated rings. The van der Waals surface area contributed by atoms with Crippen LogP contribution in [0.2, 0.25) is 0 Å². The molecule has 0 bridgehead atoms. The molecular formula is C12H21P. The van der Waals surface area contributed by atoms with E-state index in [9.17, 15) is 0 Å². The van der Waals surface area contributed by atoms with Gasteiger partial charge in [-0.1, -0.05) is 31.4 Å². The molecule has 0 N–H and O–H groups in total. The summed E-state index contributed by atoms with van der Waals surface area (Å²) < 4.78 is 0. The van der Waals surface area contributed by atoms with Gasteiger partial charge < -0.3 is 0 Å². The third-order valence-electron chi connectivity index (χ3n) is 3.42. The van der Waals surface area contributed by atoms with Gasteiger partial charge in [0.1, 0.15) is 0 Å². The van der Waals surface area contributed by atoms with Crippen molar-refractivity contribution >= 4 is 7.92 Å². The molecule has 0 nitrogen and oxygen atoms in total. The van der Waals surface area contributed by atoms with Crippen molar-refractivity contribution in [3.05, 3.63) is 12.2 Å². The highest BCUT2D eigenvalue weighted by molar-refractivity contribution is 7.58. The highest BCUT2D eigenvalue weighted by atomic mass is 31.1. The van der Waals surface area contributed by atoms with Gasteiger partial charge in [0.15, 0.2) is 0 Å². The zero-order valence-corrected chi connectivity index (χ0v) is 9.44. The fourth-order valence-electron chi connectivity index (χ4n) is 2.64. The van der Waals surface area contributed by atoms with Crippen LogP contribution in [0.15, 0.2) is 12.2 Å². The largest absolute Gasteiger partial charge is 0.103 e. The Labute approximate surface area is 83.6 Å². The van der Waals surface area contributed by atoms with Crippen LogP contribution in [-0.2, 0) is 0 Å².